The van der Waals surface area contributed by atoms with Crippen molar-refractivity contribution in [3.8, 4) is 0 Å². The van der Waals surface area contributed by atoms with E-state index in [0.29, 0.717) is 24.9 Å². The molecule has 1 amide bonds. The Labute approximate surface area is 186 Å². The zero-order chi connectivity index (χ0) is 21.6. The molecule has 0 bridgehead atoms. The molecule has 5 rings (SSSR count). The Morgan fingerprint density at radius 3 is 2.65 bits per heavy atom. The van der Waals surface area contributed by atoms with Crippen molar-refractivity contribution in [1.29, 1.82) is 0 Å². The topological polar surface area (TPSA) is 48.1 Å². The largest absolute Gasteiger partial charge is 0.444 e. The number of carbonyl (C=O) groups is 1. The number of amides is 1. The highest BCUT2D eigenvalue weighted by Crippen LogP contribution is 2.41. The van der Waals surface area contributed by atoms with Gasteiger partial charge in [0, 0.05) is 57.3 Å². The third-order valence-corrected chi connectivity index (χ3v) is 7.58. The van der Waals surface area contributed by atoms with E-state index in [2.05, 4.69) is 50.3 Å². The SMILES string of the molecule is CC(C)(C)OC(=O)NC[C@H]1CN2CCN3CCC[N+]4(Cc5ccccc5)CCN1[C@H]2[C@H]34. The van der Waals surface area contributed by atoms with Gasteiger partial charge in [0.1, 0.15) is 18.3 Å². The molecule has 1 aromatic rings. The number of benzene rings is 1. The van der Waals surface area contributed by atoms with Gasteiger partial charge in [-0.2, -0.15) is 0 Å². The lowest BCUT2D eigenvalue weighted by atomic mass is 9.99. The summed E-state index contributed by atoms with van der Waals surface area (Å²) in [7, 11) is 0. The molecule has 0 saturated carbocycles. The van der Waals surface area contributed by atoms with Gasteiger partial charge >= 0.3 is 6.09 Å². The van der Waals surface area contributed by atoms with E-state index in [1.54, 1.807) is 0 Å². The third kappa shape index (κ3) is 4.09. The van der Waals surface area contributed by atoms with Crippen molar-refractivity contribution < 1.29 is 14.0 Å². The smallest absolute Gasteiger partial charge is 0.407 e. The summed E-state index contributed by atoms with van der Waals surface area (Å²) in [6.07, 6.45) is 1.97. The van der Waals surface area contributed by atoms with Crippen LogP contribution in [0.1, 0.15) is 32.8 Å². The van der Waals surface area contributed by atoms with Crippen LogP contribution in [0, 0.1) is 0 Å². The first-order valence-electron chi connectivity index (χ1n) is 12.0. The number of rotatable bonds is 4. The molecule has 7 heteroatoms. The molecule has 1 aromatic carbocycles. The molecule has 0 radical (unpaired) electrons. The molecule has 4 saturated heterocycles. The summed E-state index contributed by atoms with van der Waals surface area (Å²) in [6, 6.07) is 11.4. The van der Waals surface area contributed by atoms with Gasteiger partial charge < -0.3 is 14.5 Å². The minimum absolute atomic E-state index is 0.303. The molecule has 0 aromatic heterocycles. The van der Waals surface area contributed by atoms with Crippen LogP contribution in [0.2, 0.25) is 0 Å². The van der Waals surface area contributed by atoms with Gasteiger partial charge in [0.2, 0.25) is 0 Å². The van der Waals surface area contributed by atoms with E-state index >= 15 is 0 Å². The molecule has 0 aliphatic carbocycles. The maximum Gasteiger partial charge on any atom is 0.407 e. The summed E-state index contributed by atoms with van der Waals surface area (Å²) in [5.74, 6) is 0. The molecule has 1 N–H and O–H groups in total. The minimum atomic E-state index is -0.459. The van der Waals surface area contributed by atoms with Gasteiger partial charge in [0.05, 0.1) is 13.1 Å². The second-order valence-corrected chi connectivity index (χ2v) is 10.8. The zero-order valence-electron chi connectivity index (χ0n) is 19.3. The Morgan fingerprint density at radius 1 is 1.10 bits per heavy atom. The zero-order valence-corrected chi connectivity index (χ0v) is 19.3. The second kappa shape index (κ2) is 8.03. The standard InChI is InChI=1S/C24H37N5O2/c1-24(2,3)31-23(30)25-16-20-17-27-12-11-26-10-7-14-29(18-19-8-5-4-6-9-19)15-13-28(20)21(27)22(26)29/h4-6,8-9,20-22H,7,10-18H2,1-3H3/p+1/t20-,21-,22+,29?/m0/s1. The van der Waals surface area contributed by atoms with Crippen LogP contribution >= 0.6 is 0 Å². The Bertz CT molecular complexity index is 797. The molecule has 0 spiro atoms. The Hall–Kier alpha value is -1.67. The van der Waals surface area contributed by atoms with E-state index in [9.17, 15) is 4.79 Å². The second-order valence-electron chi connectivity index (χ2n) is 10.8. The Balaban J connectivity index is 1.33. The number of nitrogens with one attached hydrogen (secondary N) is 1. The summed E-state index contributed by atoms with van der Waals surface area (Å²) in [5, 5.41) is 3.05. The fourth-order valence-corrected chi connectivity index (χ4v) is 6.43. The van der Waals surface area contributed by atoms with Crippen LogP contribution in [0.25, 0.3) is 0 Å². The molecule has 4 aliphatic rings. The summed E-state index contributed by atoms with van der Waals surface area (Å²) < 4.78 is 6.66. The van der Waals surface area contributed by atoms with Gasteiger partial charge in [0.15, 0.2) is 6.17 Å². The van der Waals surface area contributed by atoms with Gasteiger partial charge in [-0.3, -0.25) is 14.7 Å². The molecule has 4 heterocycles. The van der Waals surface area contributed by atoms with Gasteiger partial charge in [-0.15, -0.1) is 0 Å². The highest BCUT2D eigenvalue weighted by atomic mass is 16.6. The van der Waals surface area contributed by atoms with Gasteiger partial charge in [-0.05, 0) is 20.8 Å². The Kier molecular flexibility index (Phi) is 5.49. The van der Waals surface area contributed by atoms with Crippen molar-refractivity contribution in [1.82, 2.24) is 20.0 Å². The lowest BCUT2D eigenvalue weighted by Crippen LogP contribution is -2.80. The third-order valence-electron chi connectivity index (χ3n) is 7.58. The first kappa shape index (κ1) is 21.2. The van der Waals surface area contributed by atoms with E-state index in [-0.39, 0.29) is 6.09 Å². The number of ether oxygens (including phenoxy) is 1. The van der Waals surface area contributed by atoms with Crippen LogP contribution in [-0.2, 0) is 11.3 Å². The minimum Gasteiger partial charge on any atom is -0.444 e. The molecule has 4 fully saturated rings. The van der Waals surface area contributed by atoms with Crippen LogP contribution < -0.4 is 5.32 Å². The number of carbonyl (C=O) groups excluding carboxylic acids is 1. The molecular formula is C24H38N5O2+. The van der Waals surface area contributed by atoms with Crippen LogP contribution in [0.3, 0.4) is 0 Å². The number of piperazine rings is 2. The van der Waals surface area contributed by atoms with Crippen LogP contribution in [0.4, 0.5) is 4.79 Å². The van der Waals surface area contributed by atoms with Crippen molar-refractivity contribution in [2.45, 2.75) is 57.7 Å². The van der Waals surface area contributed by atoms with Gasteiger partial charge in [-0.25, -0.2) is 4.79 Å². The molecule has 4 atom stereocenters. The average molecular weight is 429 g/mol. The van der Waals surface area contributed by atoms with Gasteiger partial charge in [-0.1, -0.05) is 30.3 Å². The van der Waals surface area contributed by atoms with Crippen molar-refractivity contribution in [2.24, 2.45) is 0 Å². The fraction of sp³-hybridized carbons (Fsp3) is 0.708. The number of alkyl carbamates (subject to hydrolysis) is 1. The average Bonchev–Trinajstić information content (AvgIpc) is 3.09. The van der Waals surface area contributed by atoms with Crippen LogP contribution in [0.15, 0.2) is 30.3 Å². The van der Waals surface area contributed by atoms with E-state index in [4.69, 9.17) is 4.74 Å². The van der Waals surface area contributed by atoms with Crippen molar-refractivity contribution in [3.63, 3.8) is 0 Å². The van der Waals surface area contributed by atoms with E-state index in [0.717, 1.165) is 32.7 Å². The predicted octanol–water partition coefficient (Wildman–Crippen LogP) is 1.90. The number of nitrogens with zero attached hydrogens (tertiary/aromatic N) is 4. The van der Waals surface area contributed by atoms with Crippen LogP contribution in [-0.4, -0.2) is 102 Å². The number of quaternary nitrogens is 1. The first-order chi connectivity index (χ1) is 14.8. The molecule has 7 nitrogen and oxygen atoms in total. The predicted molar refractivity (Wildman–Crippen MR) is 120 cm³/mol. The number of hydrogen-bond donors (Lipinski definition) is 1. The molecule has 4 aliphatic heterocycles. The normalized spacial score (nSPS) is 33.7. The first-order valence-corrected chi connectivity index (χ1v) is 12.0. The summed E-state index contributed by atoms with van der Waals surface area (Å²) in [6.45, 7) is 15.6. The van der Waals surface area contributed by atoms with E-state index in [1.165, 1.54) is 36.1 Å². The highest BCUT2D eigenvalue weighted by Gasteiger charge is 2.60. The summed E-state index contributed by atoms with van der Waals surface area (Å²) in [4.78, 5) is 20.4. The lowest BCUT2D eigenvalue weighted by Gasteiger charge is -2.61. The molecule has 1 unspecified atom stereocenters. The maximum absolute atomic E-state index is 12.2. The Morgan fingerprint density at radius 2 is 1.87 bits per heavy atom. The van der Waals surface area contributed by atoms with Crippen molar-refractivity contribution >= 4 is 6.09 Å². The summed E-state index contributed by atoms with van der Waals surface area (Å²) >= 11 is 0. The molecular weight excluding hydrogens is 390 g/mol. The maximum atomic E-state index is 12.2. The molecule has 31 heavy (non-hydrogen) atoms. The fourth-order valence-electron chi connectivity index (χ4n) is 6.43. The monoisotopic (exact) mass is 428 g/mol. The van der Waals surface area contributed by atoms with Gasteiger partial charge in [0.25, 0.3) is 0 Å². The quantitative estimate of drug-likeness (QED) is 0.743. The molecule has 170 valence electrons. The number of hydrogen-bond acceptors (Lipinski definition) is 5. The van der Waals surface area contributed by atoms with Crippen LogP contribution in [0.5, 0.6) is 0 Å². The van der Waals surface area contributed by atoms with Crippen molar-refractivity contribution in [2.75, 3.05) is 52.4 Å². The van der Waals surface area contributed by atoms with E-state index in [1.807, 2.05) is 20.8 Å². The van der Waals surface area contributed by atoms with E-state index < -0.39 is 5.60 Å². The summed E-state index contributed by atoms with van der Waals surface area (Å²) in [5.41, 5.74) is 0.996. The highest BCUT2D eigenvalue weighted by molar-refractivity contribution is 5.67. The lowest BCUT2D eigenvalue weighted by molar-refractivity contribution is -0.988. The van der Waals surface area contributed by atoms with Crippen molar-refractivity contribution in [3.05, 3.63) is 35.9 Å².